The zero-order chi connectivity index (χ0) is 27.8. The van der Waals surface area contributed by atoms with E-state index in [4.69, 9.17) is 26.8 Å². The number of halogens is 2. The van der Waals surface area contributed by atoms with Crippen molar-refractivity contribution in [2.24, 2.45) is 0 Å². The number of hydrogen-bond acceptors (Lipinski definition) is 7. The SMILES string of the molecule is CCc1c(CNCCN2CC[C@@H](NC(=O)c3cc(Cl)c(N)cc3OC)[C@@H](OC)C2)ccc(C(=O)O)c1CC.Cl. The third-order valence-electron chi connectivity index (χ3n) is 7.21. The number of rotatable bonds is 12. The van der Waals surface area contributed by atoms with E-state index in [-0.39, 0.29) is 30.5 Å². The van der Waals surface area contributed by atoms with Crippen molar-refractivity contribution < 1.29 is 24.2 Å². The summed E-state index contributed by atoms with van der Waals surface area (Å²) in [6, 6.07) is 6.56. The minimum atomic E-state index is -0.875. The normalized spacial score (nSPS) is 17.4. The number of nitrogens with zero attached hydrogens (tertiary/aromatic N) is 1. The molecule has 0 bridgehead atoms. The fourth-order valence-corrected chi connectivity index (χ4v) is 5.32. The molecule has 1 fully saturated rings. The molecule has 0 aliphatic carbocycles. The Kier molecular flexibility index (Phi) is 12.8. The second-order valence-electron chi connectivity index (χ2n) is 9.44. The van der Waals surface area contributed by atoms with Crippen molar-refractivity contribution >= 4 is 41.6 Å². The molecule has 2 aromatic rings. The summed E-state index contributed by atoms with van der Waals surface area (Å²) >= 11 is 6.13. The van der Waals surface area contributed by atoms with Gasteiger partial charge in [0.25, 0.3) is 5.91 Å². The Bertz CT molecular complexity index is 1150. The number of methoxy groups -OCH3 is 2. The van der Waals surface area contributed by atoms with Gasteiger partial charge in [-0.05, 0) is 48.1 Å². The number of carbonyl (C=O) groups excluding carboxylic acids is 1. The predicted octanol–water partition coefficient (Wildman–Crippen LogP) is 3.78. The summed E-state index contributed by atoms with van der Waals surface area (Å²) in [5.41, 5.74) is 10.1. The minimum Gasteiger partial charge on any atom is -0.496 e. The third kappa shape index (κ3) is 7.99. The smallest absolute Gasteiger partial charge is 0.335 e. The van der Waals surface area contributed by atoms with Gasteiger partial charge in [0, 0.05) is 45.9 Å². The molecule has 2 aromatic carbocycles. The summed E-state index contributed by atoms with van der Waals surface area (Å²) in [5.74, 6) is -0.783. The van der Waals surface area contributed by atoms with Gasteiger partial charge in [-0.2, -0.15) is 0 Å². The van der Waals surface area contributed by atoms with E-state index in [9.17, 15) is 14.7 Å². The second kappa shape index (κ2) is 15.3. The number of carboxylic acids is 1. The Labute approximate surface area is 241 Å². The first kappa shape index (κ1) is 32.7. The molecule has 0 aromatic heterocycles. The Morgan fingerprint density at radius 2 is 1.87 bits per heavy atom. The van der Waals surface area contributed by atoms with Crippen LogP contribution in [0.25, 0.3) is 0 Å². The molecule has 9 nitrogen and oxygen atoms in total. The van der Waals surface area contributed by atoms with Crippen LogP contribution >= 0.6 is 24.0 Å². The number of carboxylic acid groups (broad SMARTS) is 1. The number of anilines is 1. The summed E-state index contributed by atoms with van der Waals surface area (Å²) in [7, 11) is 3.14. The number of hydrogen-bond donors (Lipinski definition) is 4. The number of aromatic carboxylic acids is 1. The van der Waals surface area contributed by atoms with E-state index in [0.29, 0.717) is 47.1 Å². The zero-order valence-electron chi connectivity index (χ0n) is 23.0. The molecule has 39 heavy (non-hydrogen) atoms. The highest BCUT2D eigenvalue weighted by molar-refractivity contribution is 6.33. The van der Waals surface area contributed by atoms with Crippen LogP contribution in [0.2, 0.25) is 5.02 Å². The average Bonchev–Trinajstić information content (AvgIpc) is 2.91. The predicted molar refractivity (Wildman–Crippen MR) is 157 cm³/mol. The molecular weight excluding hydrogens is 543 g/mol. The number of likely N-dealkylation sites (tertiary alicyclic amines) is 1. The molecule has 1 aliphatic heterocycles. The molecule has 0 spiro atoms. The largest absolute Gasteiger partial charge is 0.496 e. The minimum absolute atomic E-state index is 0. The second-order valence-corrected chi connectivity index (χ2v) is 9.84. The number of carbonyl (C=O) groups is 2. The van der Waals surface area contributed by atoms with Gasteiger partial charge >= 0.3 is 5.97 Å². The molecular formula is C28H40Cl2N4O5. The van der Waals surface area contributed by atoms with Crippen LogP contribution in [0.1, 0.15) is 57.7 Å². The lowest BCUT2D eigenvalue weighted by Crippen LogP contribution is -2.55. The molecule has 3 rings (SSSR count). The van der Waals surface area contributed by atoms with E-state index >= 15 is 0 Å². The Morgan fingerprint density at radius 3 is 2.49 bits per heavy atom. The highest BCUT2D eigenvalue weighted by Crippen LogP contribution is 2.29. The number of nitrogen functional groups attached to an aromatic ring is 1. The van der Waals surface area contributed by atoms with Crippen LogP contribution in [0, 0.1) is 0 Å². The quantitative estimate of drug-likeness (QED) is 0.220. The van der Waals surface area contributed by atoms with Crippen molar-refractivity contribution in [3.63, 3.8) is 0 Å². The molecule has 1 aliphatic rings. The summed E-state index contributed by atoms with van der Waals surface area (Å²) < 4.78 is 11.1. The van der Waals surface area contributed by atoms with E-state index < -0.39 is 5.97 Å². The maximum absolute atomic E-state index is 13.0. The van der Waals surface area contributed by atoms with Crippen molar-refractivity contribution in [3.8, 4) is 5.75 Å². The summed E-state index contributed by atoms with van der Waals surface area (Å²) in [6.07, 6.45) is 2.07. The van der Waals surface area contributed by atoms with E-state index in [1.54, 1.807) is 19.2 Å². The van der Waals surface area contributed by atoms with Crippen molar-refractivity contribution in [2.45, 2.75) is 51.8 Å². The lowest BCUT2D eigenvalue weighted by Gasteiger charge is -2.38. The number of nitrogens with one attached hydrogen (secondary N) is 2. The standard InChI is InChI=1S/C28H39ClN4O5.ClH/c1-5-18-17(7-8-20(28(35)36)19(18)6-2)15-31-10-12-33-11-9-24(26(16-33)38-4)32-27(34)21-13-22(29)23(30)14-25(21)37-3;/h7-8,13-14,24,26,31H,5-6,9-12,15-16,30H2,1-4H3,(H,32,34)(H,35,36);1H/t24-,26+;/m1./s1. The van der Waals surface area contributed by atoms with Crippen LogP contribution in [0.5, 0.6) is 5.75 Å². The van der Waals surface area contributed by atoms with Gasteiger partial charge in [-0.3, -0.25) is 9.69 Å². The Balaban J connectivity index is 0.00000533. The molecule has 1 amide bonds. The van der Waals surface area contributed by atoms with E-state index in [2.05, 4.69) is 22.5 Å². The molecule has 1 saturated heterocycles. The zero-order valence-corrected chi connectivity index (χ0v) is 24.6. The van der Waals surface area contributed by atoms with Crippen LogP contribution in [0.3, 0.4) is 0 Å². The van der Waals surface area contributed by atoms with Gasteiger partial charge < -0.3 is 30.9 Å². The first-order valence-electron chi connectivity index (χ1n) is 13.0. The highest BCUT2D eigenvalue weighted by atomic mass is 35.5. The topological polar surface area (TPSA) is 126 Å². The summed E-state index contributed by atoms with van der Waals surface area (Å²) in [6.45, 7) is 7.86. The Morgan fingerprint density at radius 1 is 1.15 bits per heavy atom. The van der Waals surface area contributed by atoms with Gasteiger partial charge in [-0.15, -0.1) is 12.4 Å². The van der Waals surface area contributed by atoms with Gasteiger partial charge in [0.15, 0.2) is 0 Å². The maximum Gasteiger partial charge on any atom is 0.335 e. The maximum atomic E-state index is 13.0. The lowest BCUT2D eigenvalue weighted by atomic mass is 9.92. The average molecular weight is 584 g/mol. The molecule has 216 valence electrons. The van der Waals surface area contributed by atoms with Crippen LogP contribution in [0.4, 0.5) is 5.69 Å². The van der Waals surface area contributed by atoms with Crippen molar-refractivity contribution in [1.82, 2.24) is 15.5 Å². The number of nitrogens with two attached hydrogens (primary N) is 1. The Hall–Kier alpha value is -2.56. The molecule has 5 N–H and O–H groups in total. The number of piperidine rings is 1. The number of ether oxygens (including phenoxy) is 2. The summed E-state index contributed by atoms with van der Waals surface area (Å²) in [4.78, 5) is 26.9. The molecule has 0 radical (unpaired) electrons. The van der Waals surface area contributed by atoms with Crippen molar-refractivity contribution in [3.05, 3.63) is 57.1 Å². The van der Waals surface area contributed by atoms with Gasteiger partial charge in [-0.25, -0.2) is 4.79 Å². The highest BCUT2D eigenvalue weighted by Gasteiger charge is 2.31. The van der Waals surface area contributed by atoms with Gasteiger partial charge in [-0.1, -0.05) is 31.5 Å². The monoisotopic (exact) mass is 582 g/mol. The molecule has 0 unspecified atom stereocenters. The van der Waals surface area contributed by atoms with E-state index in [1.165, 1.54) is 13.2 Å². The van der Waals surface area contributed by atoms with Crippen LogP contribution in [0.15, 0.2) is 24.3 Å². The molecule has 2 atom stereocenters. The molecule has 11 heteroatoms. The van der Waals surface area contributed by atoms with Gasteiger partial charge in [0.1, 0.15) is 5.75 Å². The lowest BCUT2D eigenvalue weighted by molar-refractivity contribution is 0.00677. The first-order valence-corrected chi connectivity index (χ1v) is 13.4. The molecule has 1 heterocycles. The van der Waals surface area contributed by atoms with Gasteiger partial charge in [0.05, 0.1) is 41.1 Å². The van der Waals surface area contributed by atoms with Crippen molar-refractivity contribution in [1.29, 1.82) is 0 Å². The van der Waals surface area contributed by atoms with E-state index in [1.807, 2.05) is 13.0 Å². The van der Waals surface area contributed by atoms with Crippen LogP contribution in [-0.4, -0.2) is 74.4 Å². The van der Waals surface area contributed by atoms with E-state index in [0.717, 1.165) is 49.2 Å². The van der Waals surface area contributed by atoms with Gasteiger partial charge in [0.2, 0.25) is 0 Å². The molecule has 0 saturated carbocycles. The summed E-state index contributed by atoms with van der Waals surface area (Å²) in [5, 5.41) is 16.4. The van der Waals surface area contributed by atoms with Crippen molar-refractivity contribution in [2.75, 3.05) is 46.1 Å². The number of amides is 1. The number of benzene rings is 2. The van der Waals surface area contributed by atoms with Crippen LogP contribution < -0.4 is 21.1 Å². The third-order valence-corrected chi connectivity index (χ3v) is 7.54. The fourth-order valence-electron chi connectivity index (χ4n) is 5.16. The fraction of sp³-hybridized carbons (Fsp3) is 0.500. The van der Waals surface area contributed by atoms with Crippen LogP contribution in [-0.2, 0) is 24.1 Å². The first-order chi connectivity index (χ1) is 18.2.